The fourth-order valence-electron chi connectivity index (χ4n) is 2.76. The zero-order chi connectivity index (χ0) is 13.5. The topological polar surface area (TPSA) is 9.23 Å². The summed E-state index contributed by atoms with van der Waals surface area (Å²) in [6.45, 7) is 2.26. The highest BCUT2D eigenvalue weighted by Crippen LogP contribution is 2.31. The highest BCUT2D eigenvalue weighted by Gasteiger charge is 2.25. The molecule has 1 fully saturated rings. The summed E-state index contributed by atoms with van der Waals surface area (Å²) in [6.07, 6.45) is 6.60. The number of hydrogen-bond donors (Lipinski definition) is 0. The molecular weight excluding hydrogens is 256 g/mol. The highest BCUT2D eigenvalue weighted by molar-refractivity contribution is 6.19. The van der Waals surface area contributed by atoms with Crippen LogP contribution in [0.1, 0.15) is 44.6 Å². The molecule has 1 aromatic rings. The lowest BCUT2D eigenvalue weighted by molar-refractivity contribution is 0.0901. The van der Waals surface area contributed by atoms with Crippen molar-refractivity contribution in [1.29, 1.82) is 0 Å². The Kier molecular flexibility index (Phi) is 5.61. The zero-order valence-corrected chi connectivity index (χ0v) is 12.2. The summed E-state index contributed by atoms with van der Waals surface area (Å²) in [5, 5.41) is 0. The maximum atomic E-state index is 6.24. The third-order valence-electron chi connectivity index (χ3n) is 3.82. The predicted octanol–water partition coefficient (Wildman–Crippen LogP) is 4.62. The minimum absolute atomic E-state index is 0.345. The van der Waals surface area contributed by atoms with Crippen LogP contribution in [-0.2, 0) is 0 Å². The molecule has 0 radical (unpaired) electrons. The van der Waals surface area contributed by atoms with Gasteiger partial charge >= 0.3 is 0 Å². The molecule has 0 N–H and O–H groups in total. The molecule has 0 heterocycles. The van der Waals surface area contributed by atoms with Crippen molar-refractivity contribution >= 4 is 11.6 Å². The van der Waals surface area contributed by atoms with Gasteiger partial charge in [-0.3, -0.25) is 0 Å². The Morgan fingerprint density at radius 2 is 2.05 bits per heavy atom. The number of para-hydroxylation sites is 1. The first-order chi connectivity index (χ1) is 9.35. The zero-order valence-electron chi connectivity index (χ0n) is 11.5. The van der Waals surface area contributed by atoms with E-state index in [2.05, 4.69) is 18.8 Å². The Hall–Kier alpha value is -1.13. The smallest absolute Gasteiger partial charge is 0.135 e. The van der Waals surface area contributed by atoms with Crippen LogP contribution in [0.4, 0.5) is 0 Å². The van der Waals surface area contributed by atoms with Crippen LogP contribution in [0, 0.1) is 17.8 Å². The second-order valence-electron chi connectivity index (χ2n) is 5.04. The molecule has 2 rings (SSSR count). The first-order valence-corrected chi connectivity index (χ1v) is 7.69. The maximum absolute atomic E-state index is 6.24. The normalized spacial score (nSPS) is 22.4. The monoisotopic (exact) mass is 276 g/mol. The molecule has 2 unspecified atom stereocenters. The van der Waals surface area contributed by atoms with Crippen molar-refractivity contribution in [3.05, 3.63) is 29.8 Å². The fraction of sp³-hybridized carbons (Fsp3) is 0.529. The first-order valence-electron chi connectivity index (χ1n) is 7.15. The predicted molar refractivity (Wildman–Crippen MR) is 80.7 cm³/mol. The summed E-state index contributed by atoms with van der Waals surface area (Å²) in [6, 6.07) is 8.01. The van der Waals surface area contributed by atoms with E-state index < -0.39 is 0 Å². The van der Waals surface area contributed by atoms with E-state index in [-0.39, 0.29) is 0 Å². The lowest BCUT2D eigenvalue weighted by atomic mass is 9.84. The van der Waals surface area contributed by atoms with Gasteiger partial charge in [-0.15, -0.1) is 11.6 Å². The van der Waals surface area contributed by atoms with Crippen molar-refractivity contribution in [2.24, 2.45) is 5.92 Å². The Balaban J connectivity index is 2.13. The average molecular weight is 277 g/mol. The summed E-state index contributed by atoms with van der Waals surface area (Å²) < 4.78 is 6.24. The van der Waals surface area contributed by atoms with Crippen LogP contribution in [-0.4, -0.2) is 12.0 Å². The van der Waals surface area contributed by atoms with Gasteiger partial charge in [-0.2, -0.15) is 0 Å². The van der Waals surface area contributed by atoms with E-state index in [1.54, 1.807) is 0 Å². The van der Waals surface area contributed by atoms with Crippen LogP contribution in [0.5, 0.6) is 5.75 Å². The fourth-order valence-corrected chi connectivity index (χ4v) is 2.83. The van der Waals surface area contributed by atoms with Gasteiger partial charge in [0.1, 0.15) is 11.9 Å². The van der Waals surface area contributed by atoms with Crippen molar-refractivity contribution < 1.29 is 4.74 Å². The van der Waals surface area contributed by atoms with Gasteiger partial charge in [0.2, 0.25) is 0 Å². The Labute approximate surface area is 121 Å². The molecule has 1 aliphatic rings. The van der Waals surface area contributed by atoms with Gasteiger partial charge in [0, 0.05) is 0 Å². The van der Waals surface area contributed by atoms with Gasteiger partial charge in [-0.1, -0.05) is 37.3 Å². The van der Waals surface area contributed by atoms with Gasteiger partial charge in [0.25, 0.3) is 0 Å². The minimum Gasteiger partial charge on any atom is -0.489 e. The van der Waals surface area contributed by atoms with Crippen molar-refractivity contribution in [3.8, 4) is 17.6 Å². The molecule has 2 heteroatoms. The Bertz CT molecular complexity index is 458. The summed E-state index contributed by atoms with van der Waals surface area (Å²) in [4.78, 5) is 0. The van der Waals surface area contributed by atoms with Gasteiger partial charge in [0.05, 0.1) is 11.4 Å². The molecule has 0 aromatic heterocycles. The maximum Gasteiger partial charge on any atom is 0.135 e. The average Bonchev–Trinajstić information content (AvgIpc) is 2.47. The van der Waals surface area contributed by atoms with E-state index in [0.29, 0.717) is 17.9 Å². The van der Waals surface area contributed by atoms with E-state index in [9.17, 15) is 0 Å². The summed E-state index contributed by atoms with van der Waals surface area (Å²) in [5.41, 5.74) is 0.948. The third-order valence-corrected chi connectivity index (χ3v) is 3.95. The Morgan fingerprint density at radius 1 is 1.26 bits per heavy atom. The van der Waals surface area contributed by atoms with E-state index in [0.717, 1.165) is 17.7 Å². The second-order valence-corrected chi connectivity index (χ2v) is 5.31. The van der Waals surface area contributed by atoms with Crippen LogP contribution < -0.4 is 4.74 Å². The van der Waals surface area contributed by atoms with Crippen molar-refractivity contribution in [1.82, 2.24) is 0 Å². The van der Waals surface area contributed by atoms with E-state index >= 15 is 0 Å². The SMILES string of the molecule is CCC1CCCCC1Oc1ccccc1C#CCCl. The quantitative estimate of drug-likeness (QED) is 0.578. The van der Waals surface area contributed by atoms with Crippen LogP contribution >= 0.6 is 11.6 Å². The molecule has 0 spiro atoms. The van der Waals surface area contributed by atoms with E-state index in [4.69, 9.17) is 16.3 Å². The largest absolute Gasteiger partial charge is 0.489 e. The van der Waals surface area contributed by atoms with Crippen LogP contribution in [0.3, 0.4) is 0 Å². The first kappa shape index (κ1) is 14.3. The van der Waals surface area contributed by atoms with Crippen LogP contribution in [0.25, 0.3) is 0 Å². The number of benzene rings is 1. The molecule has 1 nitrogen and oxygen atoms in total. The van der Waals surface area contributed by atoms with Crippen LogP contribution in [0.2, 0.25) is 0 Å². The molecular formula is C17H21ClO. The third kappa shape index (κ3) is 3.91. The van der Waals surface area contributed by atoms with Gasteiger partial charge in [-0.05, 0) is 43.7 Å². The standard InChI is InChI=1S/C17H21ClO/c1-2-14-8-3-5-11-16(14)19-17-12-6-4-9-15(17)10-7-13-18/h4,6,9,12,14,16H,2-3,5,8,11,13H2,1H3. The Morgan fingerprint density at radius 3 is 2.84 bits per heavy atom. The molecule has 1 aromatic carbocycles. The van der Waals surface area contributed by atoms with Gasteiger partial charge in [0.15, 0.2) is 0 Å². The summed E-state index contributed by atoms with van der Waals surface area (Å²) in [7, 11) is 0. The summed E-state index contributed by atoms with van der Waals surface area (Å²) >= 11 is 5.63. The van der Waals surface area contributed by atoms with Gasteiger partial charge < -0.3 is 4.74 Å². The molecule has 2 atom stereocenters. The number of alkyl halides is 1. The molecule has 1 aliphatic carbocycles. The van der Waals surface area contributed by atoms with E-state index in [1.165, 1.54) is 25.7 Å². The highest BCUT2D eigenvalue weighted by atomic mass is 35.5. The second kappa shape index (κ2) is 7.46. The van der Waals surface area contributed by atoms with Crippen molar-refractivity contribution in [3.63, 3.8) is 0 Å². The summed E-state index contributed by atoms with van der Waals surface area (Å²) in [5.74, 6) is 7.93. The minimum atomic E-state index is 0.345. The van der Waals surface area contributed by atoms with Crippen molar-refractivity contribution in [2.75, 3.05) is 5.88 Å². The lowest BCUT2D eigenvalue weighted by Crippen LogP contribution is -2.30. The number of halogens is 1. The molecule has 0 amide bonds. The van der Waals surface area contributed by atoms with Crippen molar-refractivity contribution in [2.45, 2.75) is 45.1 Å². The molecule has 102 valence electrons. The molecule has 0 aliphatic heterocycles. The number of hydrogen-bond acceptors (Lipinski definition) is 1. The molecule has 0 bridgehead atoms. The van der Waals surface area contributed by atoms with Crippen LogP contribution in [0.15, 0.2) is 24.3 Å². The van der Waals surface area contributed by atoms with E-state index in [1.807, 2.05) is 24.3 Å². The van der Waals surface area contributed by atoms with Gasteiger partial charge in [-0.25, -0.2) is 0 Å². The lowest BCUT2D eigenvalue weighted by Gasteiger charge is -2.31. The molecule has 0 saturated heterocycles. The molecule has 1 saturated carbocycles. The molecule has 19 heavy (non-hydrogen) atoms. The number of ether oxygens (including phenoxy) is 1. The number of rotatable bonds is 3.